The molecular formula is C28H27ClFN7O2. The van der Waals surface area contributed by atoms with Gasteiger partial charge in [-0.15, -0.1) is 4.98 Å². The lowest BCUT2D eigenvalue weighted by molar-refractivity contribution is -0.0592. The molecule has 2 aliphatic heterocycles. The maximum absolute atomic E-state index is 14.5. The van der Waals surface area contributed by atoms with E-state index < -0.39 is 5.82 Å². The highest BCUT2D eigenvalue weighted by Crippen LogP contribution is 2.26. The van der Waals surface area contributed by atoms with Gasteiger partial charge in [-0.25, -0.2) is 9.97 Å². The average Bonchev–Trinajstić information content (AvgIpc) is 3.26. The quantitative estimate of drug-likeness (QED) is 0.287. The molecule has 3 aromatic heterocycles. The number of ether oxygens (including phenoxy) is 2. The number of imidazole rings is 1. The normalized spacial score (nSPS) is 18.1. The van der Waals surface area contributed by atoms with Crippen molar-refractivity contribution in [2.24, 2.45) is 0 Å². The zero-order chi connectivity index (χ0) is 26.8. The Labute approximate surface area is 230 Å². The lowest BCUT2D eigenvalue weighted by Crippen LogP contribution is -2.39. The minimum absolute atomic E-state index is 0.00202. The highest BCUT2D eigenvalue weighted by atomic mass is 35.5. The summed E-state index contributed by atoms with van der Waals surface area (Å²) in [5.41, 5.74) is 2.68. The van der Waals surface area contributed by atoms with Gasteiger partial charge >= 0.3 is 0 Å². The Morgan fingerprint density at radius 1 is 1.10 bits per heavy atom. The molecule has 1 aromatic carbocycles. The van der Waals surface area contributed by atoms with E-state index in [0.717, 1.165) is 67.9 Å². The summed E-state index contributed by atoms with van der Waals surface area (Å²) >= 11 is 5.96. The van der Waals surface area contributed by atoms with E-state index in [9.17, 15) is 4.39 Å². The van der Waals surface area contributed by atoms with Crippen LogP contribution in [0.4, 0.5) is 10.2 Å². The van der Waals surface area contributed by atoms with Gasteiger partial charge in [-0.3, -0.25) is 4.90 Å². The molecule has 0 aliphatic carbocycles. The number of benzene rings is 1. The molecule has 4 aromatic rings. The summed E-state index contributed by atoms with van der Waals surface area (Å²) in [6, 6.07) is 9.16. The van der Waals surface area contributed by atoms with Gasteiger partial charge in [-0.05, 0) is 43.0 Å². The lowest BCUT2D eigenvalue weighted by Gasteiger charge is -2.32. The summed E-state index contributed by atoms with van der Waals surface area (Å²) in [5, 5.41) is 0.657. The van der Waals surface area contributed by atoms with Gasteiger partial charge in [-0.2, -0.15) is 9.37 Å². The van der Waals surface area contributed by atoms with Crippen LogP contribution < -0.4 is 4.74 Å². The molecule has 11 heteroatoms. The van der Waals surface area contributed by atoms with Gasteiger partial charge in [-0.1, -0.05) is 30.3 Å². The summed E-state index contributed by atoms with van der Waals surface area (Å²) in [4.78, 5) is 23.4. The number of hydrogen-bond acceptors (Lipinski definition) is 7. The molecule has 39 heavy (non-hydrogen) atoms. The SMILES string of the molecule is [C-]#[N+]c1cc2nc(CN3CCC(Oc4nc(Cc5ccc(Cl)cc5)ncc4F)CC3)n(C[C@@H]3CCO3)c2cn1. The third-order valence-corrected chi connectivity index (χ3v) is 7.46. The first-order valence-electron chi connectivity index (χ1n) is 13.0. The van der Waals surface area contributed by atoms with Gasteiger partial charge < -0.3 is 18.9 Å². The van der Waals surface area contributed by atoms with Crippen molar-refractivity contribution < 1.29 is 13.9 Å². The van der Waals surface area contributed by atoms with Crippen LogP contribution in [0.3, 0.4) is 0 Å². The van der Waals surface area contributed by atoms with Crippen LogP contribution in [0.25, 0.3) is 15.9 Å². The molecule has 1 atom stereocenters. The average molecular weight is 548 g/mol. The van der Waals surface area contributed by atoms with Gasteiger partial charge in [0.05, 0.1) is 30.9 Å². The second kappa shape index (κ2) is 11.2. The predicted octanol–water partition coefficient (Wildman–Crippen LogP) is 4.99. The van der Waals surface area contributed by atoms with E-state index in [1.54, 1.807) is 12.3 Å². The minimum atomic E-state index is -0.559. The Balaban J connectivity index is 1.10. The van der Waals surface area contributed by atoms with Crippen LogP contribution in [0.15, 0.2) is 42.7 Å². The number of aromatic nitrogens is 5. The molecule has 200 valence electrons. The highest BCUT2D eigenvalue weighted by Gasteiger charge is 2.26. The topological polar surface area (TPSA) is 82.5 Å². The number of pyridine rings is 1. The van der Waals surface area contributed by atoms with Crippen LogP contribution in [0.2, 0.25) is 5.02 Å². The minimum Gasteiger partial charge on any atom is -0.472 e. The summed E-state index contributed by atoms with van der Waals surface area (Å²) in [5.74, 6) is 1.20. The van der Waals surface area contributed by atoms with Gasteiger partial charge in [0.2, 0.25) is 5.82 Å². The molecule has 0 bridgehead atoms. The first-order valence-corrected chi connectivity index (χ1v) is 13.4. The van der Waals surface area contributed by atoms with Crippen molar-refractivity contribution in [2.45, 2.75) is 51.0 Å². The van der Waals surface area contributed by atoms with Crippen molar-refractivity contribution >= 4 is 28.5 Å². The zero-order valence-electron chi connectivity index (χ0n) is 21.3. The summed E-state index contributed by atoms with van der Waals surface area (Å²) in [6.07, 6.45) is 5.91. The lowest BCUT2D eigenvalue weighted by atomic mass is 10.1. The molecule has 6 rings (SSSR count). The van der Waals surface area contributed by atoms with Crippen molar-refractivity contribution in [1.29, 1.82) is 0 Å². The maximum Gasteiger partial charge on any atom is 0.271 e. The second-order valence-electron chi connectivity index (χ2n) is 9.90. The first kappa shape index (κ1) is 25.6. The first-order chi connectivity index (χ1) is 19.0. The highest BCUT2D eigenvalue weighted by molar-refractivity contribution is 6.30. The van der Waals surface area contributed by atoms with Gasteiger partial charge in [0.15, 0.2) is 0 Å². The van der Waals surface area contributed by atoms with Gasteiger partial charge in [0.25, 0.3) is 11.7 Å². The molecule has 0 spiro atoms. The number of rotatable bonds is 8. The van der Waals surface area contributed by atoms with Crippen LogP contribution >= 0.6 is 11.6 Å². The molecule has 5 heterocycles. The molecule has 0 N–H and O–H groups in total. The van der Waals surface area contributed by atoms with E-state index in [0.29, 0.717) is 29.6 Å². The van der Waals surface area contributed by atoms with Gasteiger partial charge in [0.1, 0.15) is 29.5 Å². The zero-order valence-corrected chi connectivity index (χ0v) is 22.0. The van der Waals surface area contributed by atoms with Crippen LogP contribution in [0.1, 0.15) is 36.5 Å². The number of piperidine rings is 1. The molecule has 0 saturated carbocycles. The van der Waals surface area contributed by atoms with E-state index in [-0.39, 0.29) is 18.1 Å². The fourth-order valence-electron chi connectivity index (χ4n) is 4.96. The number of fused-ring (bicyclic) bond motifs is 1. The molecule has 2 fully saturated rings. The Kier molecular flexibility index (Phi) is 7.37. The molecule has 2 aliphatic rings. The fraction of sp³-hybridized carbons (Fsp3) is 0.393. The van der Waals surface area contributed by atoms with Crippen LogP contribution in [-0.2, 0) is 24.2 Å². The van der Waals surface area contributed by atoms with Crippen LogP contribution in [0.5, 0.6) is 5.88 Å². The summed E-state index contributed by atoms with van der Waals surface area (Å²) < 4.78 is 28.3. The van der Waals surface area contributed by atoms with Crippen molar-refractivity contribution in [2.75, 3.05) is 19.7 Å². The van der Waals surface area contributed by atoms with E-state index in [2.05, 4.69) is 29.3 Å². The molecule has 0 unspecified atom stereocenters. The van der Waals surface area contributed by atoms with Crippen LogP contribution in [-0.4, -0.2) is 61.3 Å². The smallest absolute Gasteiger partial charge is 0.271 e. The second-order valence-corrected chi connectivity index (χ2v) is 10.3. The summed E-state index contributed by atoms with van der Waals surface area (Å²) in [6.45, 7) is 11.0. The Bertz CT molecular complexity index is 1510. The monoisotopic (exact) mass is 547 g/mol. The molecule has 0 radical (unpaired) electrons. The number of hydrogen-bond donors (Lipinski definition) is 0. The largest absolute Gasteiger partial charge is 0.472 e. The molecule has 0 amide bonds. The standard InChI is InChI=1S/C28H27ClFN7O2/c1-31-25-13-23-24(15-33-25)37(16-21-8-11-38-21)27(34-23)17-36-9-6-20(7-10-36)39-28-22(30)14-32-26(35-28)12-18-2-4-19(29)5-3-18/h2-5,13-15,20-21H,6-12,16-17H2/t21-/m0/s1. The third kappa shape index (κ3) is 5.86. The Morgan fingerprint density at radius 3 is 2.62 bits per heavy atom. The third-order valence-electron chi connectivity index (χ3n) is 7.21. The van der Waals surface area contributed by atoms with E-state index in [1.807, 2.05) is 24.3 Å². The predicted molar refractivity (Wildman–Crippen MR) is 143 cm³/mol. The molecular weight excluding hydrogens is 521 g/mol. The number of nitrogens with zero attached hydrogens (tertiary/aromatic N) is 7. The van der Waals surface area contributed by atoms with E-state index in [1.165, 1.54) is 6.20 Å². The van der Waals surface area contributed by atoms with Gasteiger partial charge in [0, 0.05) is 31.1 Å². The molecule has 9 nitrogen and oxygen atoms in total. The molecule has 2 saturated heterocycles. The van der Waals surface area contributed by atoms with Crippen LogP contribution in [0, 0.1) is 12.4 Å². The van der Waals surface area contributed by atoms with E-state index >= 15 is 0 Å². The Hall–Kier alpha value is -3.65. The number of halogens is 2. The van der Waals surface area contributed by atoms with Crippen molar-refractivity contribution in [3.63, 3.8) is 0 Å². The van der Waals surface area contributed by atoms with Crippen molar-refractivity contribution in [3.8, 4) is 5.88 Å². The van der Waals surface area contributed by atoms with E-state index in [4.69, 9.17) is 32.6 Å². The maximum atomic E-state index is 14.5. The Morgan fingerprint density at radius 2 is 1.90 bits per heavy atom. The fourth-order valence-corrected chi connectivity index (χ4v) is 5.09. The van der Waals surface area contributed by atoms with Crippen molar-refractivity contribution in [3.05, 3.63) is 82.2 Å². The van der Waals surface area contributed by atoms with Crippen molar-refractivity contribution in [1.82, 2.24) is 29.4 Å². The summed E-state index contributed by atoms with van der Waals surface area (Å²) in [7, 11) is 0. The number of likely N-dealkylation sites (tertiary alicyclic amines) is 1.